The molecule has 2 saturated heterocycles. The summed E-state index contributed by atoms with van der Waals surface area (Å²) in [5.74, 6) is 0.131. The highest BCUT2D eigenvalue weighted by atomic mass is 16.5. The molecule has 2 N–H and O–H groups in total. The van der Waals surface area contributed by atoms with Gasteiger partial charge >= 0.3 is 0 Å². The van der Waals surface area contributed by atoms with Crippen LogP contribution in [0.1, 0.15) is 69.5 Å². The highest BCUT2D eigenvalue weighted by Gasteiger charge is 2.41. The van der Waals surface area contributed by atoms with E-state index in [0.717, 1.165) is 37.8 Å². The number of rotatable bonds is 5. The van der Waals surface area contributed by atoms with Gasteiger partial charge in [0.2, 0.25) is 0 Å². The van der Waals surface area contributed by atoms with Gasteiger partial charge in [-0.05, 0) is 60.6 Å². The molecule has 36 heavy (non-hydrogen) atoms. The third kappa shape index (κ3) is 4.13. The predicted octanol–water partition coefficient (Wildman–Crippen LogP) is 2.71. The van der Waals surface area contributed by atoms with Gasteiger partial charge in [0.25, 0.3) is 11.8 Å². The fraction of sp³-hybridized carbons (Fsp3) is 0.517. The maximum atomic E-state index is 13.5. The van der Waals surface area contributed by atoms with Crippen molar-refractivity contribution in [2.24, 2.45) is 0 Å². The van der Waals surface area contributed by atoms with E-state index in [9.17, 15) is 14.7 Å². The molecule has 2 amide bonds. The Labute approximate surface area is 212 Å². The normalized spacial score (nSPS) is 28.0. The highest BCUT2D eigenvalue weighted by Crippen LogP contribution is 2.34. The Morgan fingerprint density at radius 3 is 2.64 bits per heavy atom. The molecule has 2 unspecified atom stereocenters. The molecule has 0 radical (unpaired) electrons. The van der Waals surface area contributed by atoms with E-state index < -0.39 is 6.10 Å². The molecule has 0 aromatic heterocycles. The van der Waals surface area contributed by atoms with Crippen molar-refractivity contribution < 1.29 is 19.4 Å². The highest BCUT2D eigenvalue weighted by molar-refractivity contribution is 6.00. The van der Waals surface area contributed by atoms with E-state index >= 15 is 0 Å². The Kier molecular flexibility index (Phi) is 6.32. The van der Waals surface area contributed by atoms with Crippen molar-refractivity contribution >= 4 is 11.8 Å². The maximum absolute atomic E-state index is 13.5. The summed E-state index contributed by atoms with van der Waals surface area (Å²) < 4.78 is 5.65. The lowest BCUT2D eigenvalue weighted by molar-refractivity contribution is -0.00717. The van der Waals surface area contributed by atoms with Crippen molar-refractivity contribution in [2.45, 2.75) is 69.3 Å². The van der Waals surface area contributed by atoms with Crippen LogP contribution in [0.2, 0.25) is 0 Å². The number of amides is 2. The average Bonchev–Trinajstić information content (AvgIpc) is 3.16. The van der Waals surface area contributed by atoms with Crippen LogP contribution in [0.25, 0.3) is 0 Å². The molecule has 6 rings (SSSR count). The van der Waals surface area contributed by atoms with Crippen molar-refractivity contribution in [3.8, 4) is 0 Å². The summed E-state index contributed by atoms with van der Waals surface area (Å²) in [6.07, 6.45) is 2.95. The Balaban J connectivity index is 1.19. The molecule has 2 bridgehead atoms. The summed E-state index contributed by atoms with van der Waals surface area (Å²) in [6.45, 7) is 4.93. The van der Waals surface area contributed by atoms with E-state index in [1.807, 2.05) is 29.2 Å². The summed E-state index contributed by atoms with van der Waals surface area (Å²) in [4.78, 5) is 30.7. The van der Waals surface area contributed by atoms with Crippen LogP contribution in [0.5, 0.6) is 0 Å². The molecule has 0 saturated carbocycles. The van der Waals surface area contributed by atoms with Gasteiger partial charge in [-0.25, -0.2) is 0 Å². The van der Waals surface area contributed by atoms with Crippen LogP contribution in [0.3, 0.4) is 0 Å². The summed E-state index contributed by atoms with van der Waals surface area (Å²) in [6, 6.07) is 14.1. The van der Waals surface area contributed by atoms with Gasteiger partial charge in [0.1, 0.15) is 0 Å². The van der Waals surface area contributed by atoms with Crippen LogP contribution in [-0.4, -0.2) is 77.3 Å². The minimum atomic E-state index is -0.654. The van der Waals surface area contributed by atoms with Crippen molar-refractivity contribution in [2.75, 3.05) is 26.3 Å². The van der Waals surface area contributed by atoms with Crippen LogP contribution in [0.4, 0.5) is 0 Å². The SMILES string of the molecule is CC[C@H]1CN(C[C@@H](O)[C@@H]2Cc3ccccc3CN2)C(=O)c2ccc(C(=O)N3C4CCC3COC4)cc21. The van der Waals surface area contributed by atoms with Gasteiger partial charge in [-0.2, -0.15) is 0 Å². The minimum absolute atomic E-state index is 0.0532. The van der Waals surface area contributed by atoms with Crippen LogP contribution in [0.15, 0.2) is 42.5 Å². The number of carbonyl (C=O) groups excluding carboxylic acids is 2. The second kappa shape index (κ2) is 9.61. The molecule has 7 heteroatoms. The molecule has 4 heterocycles. The summed E-state index contributed by atoms with van der Waals surface area (Å²) in [5, 5.41) is 14.5. The quantitative estimate of drug-likeness (QED) is 0.675. The first kappa shape index (κ1) is 23.6. The number of hydrogen-bond donors (Lipinski definition) is 2. The van der Waals surface area contributed by atoms with Gasteiger partial charge < -0.3 is 25.0 Å². The molecule has 0 aliphatic carbocycles. The summed E-state index contributed by atoms with van der Waals surface area (Å²) >= 11 is 0. The number of benzene rings is 2. The number of ether oxygens (including phenoxy) is 1. The minimum Gasteiger partial charge on any atom is -0.390 e. The molecule has 2 fully saturated rings. The van der Waals surface area contributed by atoms with Crippen molar-refractivity contribution in [1.29, 1.82) is 0 Å². The zero-order valence-corrected chi connectivity index (χ0v) is 20.9. The second-order valence-corrected chi connectivity index (χ2v) is 10.8. The second-order valence-electron chi connectivity index (χ2n) is 10.8. The van der Waals surface area contributed by atoms with E-state index in [1.54, 1.807) is 11.0 Å². The van der Waals surface area contributed by atoms with E-state index in [1.165, 1.54) is 11.1 Å². The monoisotopic (exact) mass is 489 g/mol. The van der Waals surface area contributed by atoms with Gasteiger partial charge in [-0.15, -0.1) is 0 Å². The zero-order valence-electron chi connectivity index (χ0n) is 20.9. The first-order chi connectivity index (χ1) is 17.5. The number of aliphatic hydroxyl groups is 1. The maximum Gasteiger partial charge on any atom is 0.254 e. The van der Waals surface area contributed by atoms with Crippen LogP contribution in [0, 0.1) is 0 Å². The molecule has 0 spiro atoms. The summed E-state index contributed by atoms with van der Waals surface area (Å²) in [5.41, 5.74) is 4.81. The lowest BCUT2D eigenvalue weighted by atomic mass is 9.85. The molecule has 4 aliphatic heterocycles. The number of fused-ring (bicyclic) bond motifs is 4. The molecular weight excluding hydrogens is 454 g/mol. The standard InChI is InChI=1S/C29H35N3O4/c1-2-18-14-31(15-27(33)26-12-19-5-3-4-6-21(19)13-30-26)29(35)24-10-7-20(11-25(18)24)28(34)32-22-8-9-23(32)17-36-16-22/h3-7,10-11,18,22-23,26-27,30,33H,2,8-9,12-17H2,1H3/t18-,22?,23?,26-,27+/m0/s1. The fourth-order valence-electron chi connectivity index (χ4n) is 6.57. The lowest BCUT2D eigenvalue weighted by Crippen LogP contribution is -2.52. The summed E-state index contributed by atoms with van der Waals surface area (Å²) in [7, 11) is 0. The van der Waals surface area contributed by atoms with Crippen molar-refractivity contribution in [3.63, 3.8) is 0 Å². The number of hydrogen-bond acceptors (Lipinski definition) is 5. The number of nitrogens with one attached hydrogen (secondary N) is 1. The van der Waals surface area contributed by atoms with E-state index in [0.29, 0.717) is 37.4 Å². The first-order valence-corrected chi connectivity index (χ1v) is 13.3. The molecule has 4 aliphatic rings. The Morgan fingerprint density at radius 1 is 1.14 bits per heavy atom. The Bertz CT molecular complexity index is 1150. The number of morpholine rings is 1. The van der Waals surface area contributed by atoms with Gasteiger partial charge in [0.15, 0.2) is 0 Å². The first-order valence-electron chi connectivity index (χ1n) is 13.3. The zero-order chi connectivity index (χ0) is 24.8. The molecule has 190 valence electrons. The Morgan fingerprint density at radius 2 is 1.89 bits per heavy atom. The average molecular weight is 490 g/mol. The Hall–Kier alpha value is -2.74. The van der Waals surface area contributed by atoms with Gasteiger partial charge in [-0.1, -0.05) is 31.2 Å². The molecule has 2 aromatic rings. The van der Waals surface area contributed by atoms with Gasteiger partial charge in [0.05, 0.1) is 31.4 Å². The van der Waals surface area contributed by atoms with Crippen LogP contribution >= 0.6 is 0 Å². The van der Waals surface area contributed by atoms with Crippen LogP contribution < -0.4 is 5.32 Å². The van der Waals surface area contributed by atoms with Crippen molar-refractivity contribution in [3.05, 3.63) is 70.3 Å². The smallest absolute Gasteiger partial charge is 0.254 e. The van der Waals surface area contributed by atoms with E-state index in [4.69, 9.17) is 4.74 Å². The topological polar surface area (TPSA) is 82.1 Å². The lowest BCUT2D eigenvalue weighted by Gasteiger charge is -2.38. The predicted molar refractivity (Wildman–Crippen MR) is 136 cm³/mol. The third-order valence-corrected chi connectivity index (χ3v) is 8.65. The fourth-order valence-corrected chi connectivity index (χ4v) is 6.57. The molecule has 2 aromatic carbocycles. The third-order valence-electron chi connectivity index (χ3n) is 8.65. The van der Waals surface area contributed by atoms with Gasteiger partial charge in [-0.3, -0.25) is 9.59 Å². The molecular formula is C29H35N3O4. The van der Waals surface area contributed by atoms with Crippen LogP contribution in [-0.2, 0) is 17.7 Å². The van der Waals surface area contributed by atoms with E-state index in [2.05, 4.69) is 24.4 Å². The number of β-amino-alcohol motifs (C(OH)–C–C–N with tert-alkyl or cyclic N) is 1. The number of aliphatic hydroxyl groups excluding tert-OH is 1. The van der Waals surface area contributed by atoms with Crippen molar-refractivity contribution in [1.82, 2.24) is 15.1 Å². The number of carbonyl (C=O) groups is 2. The molecule has 7 nitrogen and oxygen atoms in total. The van der Waals surface area contributed by atoms with Gasteiger partial charge in [0, 0.05) is 42.7 Å². The number of nitrogens with zero attached hydrogens (tertiary/aromatic N) is 2. The van der Waals surface area contributed by atoms with E-state index in [-0.39, 0.29) is 35.9 Å². The largest absolute Gasteiger partial charge is 0.390 e. The molecule has 5 atom stereocenters.